The number of nitrogens with zero attached hydrogens (tertiary/aromatic N) is 3. The normalized spacial score (nSPS) is 16.7. The Labute approximate surface area is 288 Å². The molecule has 0 aliphatic carbocycles. The van der Waals surface area contributed by atoms with E-state index in [9.17, 15) is 14.3 Å². The number of rotatable bonds is 12. The van der Waals surface area contributed by atoms with E-state index in [1.165, 1.54) is 6.07 Å². The molecule has 4 aromatic rings. The number of likely N-dealkylation sites (tertiary alicyclic amines) is 1. The number of aliphatic hydroxyl groups excluding tert-OH is 3. The van der Waals surface area contributed by atoms with Gasteiger partial charge in [0, 0.05) is 17.2 Å². The summed E-state index contributed by atoms with van der Waals surface area (Å²) in [5, 5.41) is 34.9. The van der Waals surface area contributed by atoms with Crippen LogP contribution in [-0.4, -0.2) is 97.5 Å². The van der Waals surface area contributed by atoms with Gasteiger partial charge < -0.3 is 45.7 Å². The van der Waals surface area contributed by atoms with Crippen molar-refractivity contribution in [1.29, 1.82) is 0 Å². The molecule has 49 heavy (non-hydrogen) atoms. The number of imidazole rings is 1. The zero-order valence-corrected chi connectivity index (χ0v) is 27.9. The Bertz CT molecular complexity index is 1680. The van der Waals surface area contributed by atoms with Crippen LogP contribution in [0.2, 0.25) is 5.02 Å². The van der Waals surface area contributed by atoms with E-state index in [0.717, 1.165) is 67.1 Å². The molecule has 3 heterocycles. The van der Waals surface area contributed by atoms with Crippen molar-refractivity contribution >= 4 is 28.6 Å². The van der Waals surface area contributed by atoms with Crippen molar-refractivity contribution in [2.45, 2.75) is 56.5 Å². The molecule has 266 valence electrons. The maximum atomic E-state index is 14.3. The molecule has 0 amide bonds. The molecule has 2 saturated heterocycles. The Morgan fingerprint density at radius 2 is 1.73 bits per heavy atom. The molecule has 2 fully saturated rings. The number of para-hydroxylation sites is 1. The second-order valence-corrected chi connectivity index (χ2v) is 12.8. The van der Waals surface area contributed by atoms with Crippen LogP contribution in [0.25, 0.3) is 11.0 Å². The Hall–Kier alpha value is -3.66. The number of halogens is 2. The summed E-state index contributed by atoms with van der Waals surface area (Å²) in [5.41, 5.74) is 7.45. The van der Waals surface area contributed by atoms with Crippen molar-refractivity contribution in [3.63, 3.8) is 0 Å². The first-order valence-electron chi connectivity index (χ1n) is 16.0. The summed E-state index contributed by atoms with van der Waals surface area (Å²) in [7, 11) is 0. The Kier molecular flexibility index (Phi) is 13.5. The zero-order chi connectivity index (χ0) is 34.3. The van der Waals surface area contributed by atoms with Crippen molar-refractivity contribution in [3.8, 4) is 5.75 Å². The Morgan fingerprint density at radius 3 is 2.33 bits per heavy atom. The smallest absolute Gasteiger partial charge is 0.335 e. The van der Waals surface area contributed by atoms with Crippen molar-refractivity contribution in [2.24, 2.45) is 5.73 Å². The number of carboxylic acids is 1. The van der Waals surface area contributed by atoms with Gasteiger partial charge in [-0.05, 0) is 80.2 Å². The lowest BCUT2D eigenvalue weighted by atomic mass is 9.89. The van der Waals surface area contributed by atoms with E-state index < -0.39 is 31.3 Å². The van der Waals surface area contributed by atoms with Gasteiger partial charge in [0.15, 0.2) is 0 Å². The molecule has 6 rings (SSSR count). The minimum atomic E-state index is -1.21. The van der Waals surface area contributed by atoms with E-state index in [2.05, 4.69) is 15.5 Å². The molecular weight excluding hydrogens is 659 g/mol. The van der Waals surface area contributed by atoms with Crippen LogP contribution in [0.1, 0.15) is 52.5 Å². The van der Waals surface area contributed by atoms with Gasteiger partial charge in [0.2, 0.25) is 0 Å². The summed E-state index contributed by atoms with van der Waals surface area (Å²) in [6.07, 6.45) is 3.05. The van der Waals surface area contributed by atoms with Crippen LogP contribution in [0.4, 0.5) is 4.39 Å². The molecule has 8 N–H and O–H groups in total. The highest BCUT2D eigenvalue weighted by molar-refractivity contribution is 6.30. The maximum Gasteiger partial charge on any atom is 0.335 e. The second kappa shape index (κ2) is 17.3. The van der Waals surface area contributed by atoms with Gasteiger partial charge in [0.25, 0.3) is 0 Å². The van der Waals surface area contributed by atoms with E-state index in [1.807, 2.05) is 18.2 Å². The van der Waals surface area contributed by atoms with Crippen molar-refractivity contribution in [3.05, 3.63) is 94.0 Å². The first-order chi connectivity index (χ1) is 23.1. The summed E-state index contributed by atoms with van der Waals surface area (Å²) in [5.74, 6) is 0.739. The van der Waals surface area contributed by atoms with Crippen LogP contribution in [0.15, 0.2) is 60.7 Å². The molecule has 1 atom stereocenters. The first kappa shape index (κ1) is 38.1. The molecule has 2 aliphatic rings. The molecule has 12 nitrogen and oxygen atoms in total. The summed E-state index contributed by atoms with van der Waals surface area (Å²) in [6.45, 7) is 2.85. The number of carbonyl (C=O) groups is 1. The van der Waals surface area contributed by atoms with Gasteiger partial charge in [-0.25, -0.2) is 14.2 Å². The quantitative estimate of drug-likeness (QED) is 0.146. The van der Waals surface area contributed by atoms with Gasteiger partial charge in [0.1, 0.15) is 24.0 Å². The van der Waals surface area contributed by atoms with Gasteiger partial charge in [-0.1, -0.05) is 35.9 Å². The number of benzene rings is 3. The number of aliphatic hydroxyl groups is 3. The predicted molar refractivity (Wildman–Crippen MR) is 182 cm³/mol. The van der Waals surface area contributed by atoms with Crippen molar-refractivity contribution in [1.82, 2.24) is 14.5 Å². The lowest BCUT2D eigenvalue weighted by Gasteiger charge is -2.33. The van der Waals surface area contributed by atoms with E-state index in [4.69, 9.17) is 47.1 Å². The number of aromatic carboxylic acids is 1. The first-order valence-corrected chi connectivity index (χ1v) is 16.3. The van der Waals surface area contributed by atoms with Crippen LogP contribution in [0, 0.1) is 5.82 Å². The average Bonchev–Trinajstić information content (AvgIpc) is 3.42. The Morgan fingerprint density at radius 1 is 1.04 bits per heavy atom. The molecule has 0 saturated carbocycles. The van der Waals surface area contributed by atoms with Gasteiger partial charge >= 0.3 is 5.97 Å². The number of nitrogens with two attached hydrogens (primary N) is 1. The molecular formula is C35H44ClFN4O8. The van der Waals surface area contributed by atoms with E-state index in [0.29, 0.717) is 29.6 Å². The fraction of sp³-hybridized carbons (Fsp3) is 0.429. The topological polar surface area (TPSA) is 195 Å². The van der Waals surface area contributed by atoms with Crippen LogP contribution in [0.5, 0.6) is 5.75 Å². The highest BCUT2D eigenvalue weighted by Gasteiger charge is 2.27. The van der Waals surface area contributed by atoms with Gasteiger partial charge in [-0.3, -0.25) is 4.90 Å². The lowest BCUT2D eigenvalue weighted by molar-refractivity contribution is -0.0592. The number of hydrogen-bond donors (Lipinski definition) is 5. The Balaban J connectivity index is 0.000000538. The van der Waals surface area contributed by atoms with Crippen LogP contribution < -0.4 is 10.5 Å². The third kappa shape index (κ3) is 9.53. The van der Waals surface area contributed by atoms with Gasteiger partial charge in [-0.15, -0.1) is 0 Å². The SMILES string of the molecule is NC(CO)(CO)CO.O.O=C(O)c1ccc2nc(CN3CCC(c4ccccc4OCc4ccc(Cl)cc4F)CC3)n(C[C@@H]3CCO3)c2c1. The van der Waals surface area contributed by atoms with Gasteiger partial charge in [-0.2, -0.15) is 0 Å². The number of piperidine rings is 1. The monoisotopic (exact) mass is 702 g/mol. The molecule has 0 spiro atoms. The highest BCUT2D eigenvalue weighted by Crippen LogP contribution is 2.35. The molecule has 0 radical (unpaired) electrons. The standard InChI is InChI=1S/C31H31ClFN3O4.C4H11NO3.H2O/c32-23-7-5-22(26(33)16-23)19-40-29-4-2-1-3-25(29)20-9-12-35(13-10-20)18-30-34-27-8-6-21(31(37)38)15-28(27)36(30)17-24-11-14-39-24;5-4(1-6,2-7)3-8;/h1-8,15-16,20,24H,9-14,17-19H2,(H,37,38);6-8H,1-3,5H2;1H2/t24-;;/m0../s1. The van der Waals surface area contributed by atoms with E-state index in [1.54, 1.807) is 30.3 Å². The molecule has 14 heteroatoms. The fourth-order valence-electron chi connectivity index (χ4n) is 5.76. The fourth-order valence-corrected chi connectivity index (χ4v) is 5.92. The summed E-state index contributed by atoms with van der Waals surface area (Å²) in [4.78, 5) is 18.9. The predicted octanol–water partition coefficient (Wildman–Crippen LogP) is 3.11. The molecule has 0 unspecified atom stereocenters. The lowest BCUT2D eigenvalue weighted by Crippen LogP contribution is -2.50. The zero-order valence-electron chi connectivity index (χ0n) is 27.1. The molecule has 0 bridgehead atoms. The number of fused-ring (bicyclic) bond motifs is 1. The summed E-state index contributed by atoms with van der Waals surface area (Å²) >= 11 is 5.88. The maximum absolute atomic E-state index is 14.3. The van der Waals surface area contributed by atoms with Crippen molar-refractivity contribution in [2.75, 3.05) is 39.5 Å². The summed E-state index contributed by atoms with van der Waals surface area (Å²) in [6, 6.07) is 17.8. The molecule has 1 aromatic heterocycles. The van der Waals surface area contributed by atoms with Gasteiger partial charge in [0.05, 0.1) is 61.1 Å². The van der Waals surface area contributed by atoms with Crippen LogP contribution in [0.3, 0.4) is 0 Å². The largest absolute Gasteiger partial charge is 0.489 e. The second-order valence-electron chi connectivity index (χ2n) is 12.4. The number of hydrogen-bond acceptors (Lipinski definition) is 9. The average molecular weight is 703 g/mol. The third-order valence-electron chi connectivity index (χ3n) is 8.91. The minimum Gasteiger partial charge on any atom is -0.489 e. The number of aromatic nitrogens is 2. The van der Waals surface area contributed by atoms with Crippen LogP contribution in [-0.2, 0) is 24.4 Å². The van der Waals surface area contributed by atoms with Crippen LogP contribution >= 0.6 is 11.6 Å². The minimum absolute atomic E-state index is 0. The number of ether oxygens (including phenoxy) is 2. The highest BCUT2D eigenvalue weighted by atomic mass is 35.5. The van der Waals surface area contributed by atoms with Crippen molar-refractivity contribution < 1.29 is 44.6 Å². The summed E-state index contributed by atoms with van der Waals surface area (Å²) < 4.78 is 28.2. The number of carboxylic acid groups (broad SMARTS) is 1. The van der Waals surface area contributed by atoms with E-state index >= 15 is 0 Å². The third-order valence-corrected chi connectivity index (χ3v) is 9.14. The molecule has 2 aliphatic heterocycles. The molecule has 3 aromatic carbocycles. The van der Waals surface area contributed by atoms with E-state index in [-0.39, 0.29) is 29.6 Å².